The van der Waals surface area contributed by atoms with Crippen molar-refractivity contribution in [1.82, 2.24) is 4.98 Å². The lowest BCUT2D eigenvalue weighted by Crippen LogP contribution is -2.07. The molecule has 0 radical (unpaired) electrons. The van der Waals surface area contributed by atoms with E-state index < -0.39 is 5.82 Å². The number of rotatable bonds is 2. The van der Waals surface area contributed by atoms with Crippen LogP contribution < -0.4 is 16.0 Å². The van der Waals surface area contributed by atoms with Crippen molar-refractivity contribution in [2.24, 2.45) is 0 Å². The minimum absolute atomic E-state index is 0.159. The smallest absolute Gasteiger partial charge is 0.250 e. The number of methoxy groups -OCH3 is 1. The van der Waals surface area contributed by atoms with Crippen molar-refractivity contribution >= 4 is 5.82 Å². The van der Waals surface area contributed by atoms with Crippen LogP contribution >= 0.6 is 0 Å². The van der Waals surface area contributed by atoms with E-state index in [1.807, 2.05) is 0 Å². The Labute approximate surface area is 96.9 Å². The number of aromatic nitrogens is 1. The summed E-state index contributed by atoms with van der Waals surface area (Å²) >= 11 is 0. The first-order valence-corrected chi connectivity index (χ1v) is 4.94. The van der Waals surface area contributed by atoms with Crippen molar-refractivity contribution in [3.63, 3.8) is 0 Å². The second-order valence-corrected chi connectivity index (χ2v) is 3.54. The number of benzene rings is 1. The fraction of sp³-hybridized carbons (Fsp3) is 0.0833. The lowest BCUT2D eigenvalue weighted by atomic mass is 10.1. The topological polar surface area (TPSA) is 68.1 Å². The Kier molecular flexibility index (Phi) is 2.82. The van der Waals surface area contributed by atoms with Crippen molar-refractivity contribution in [3.05, 3.63) is 46.5 Å². The SMILES string of the molecule is COc1ccc(-c2cc(N)[nH]c(=O)c2)cc1F. The van der Waals surface area contributed by atoms with Crippen molar-refractivity contribution in [1.29, 1.82) is 0 Å². The summed E-state index contributed by atoms with van der Waals surface area (Å²) in [5.74, 6) is -0.0841. The van der Waals surface area contributed by atoms with E-state index in [1.165, 1.54) is 25.3 Å². The van der Waals surface area contributed by atoms with E-state index in [0.717, 1.165) is 0 Å². The predicted molar refractivity (Wildman–Crippen MR) is 63.4 cm³/mol. The van der Waals surface area contributed by atoms with Gasteiger partial charge < -0.3 is 15.5 Å². The van der Waals surface area contributed by atoms with E-state index in [4.69, 9.17) is 10.5 Å². The minimum Gasteiger partial charge on any atom is -0.494 e. The van der Waals surface area contributed by atoms with Gasteiger partial charge in [-0.05, 0) is 29.3 Å². The maximum atomic E-state index is 13.5. The van der Waals surface area contributed by atoms with Crippen LogP contribution in [0, 0.1) is 5.82 Å². The van der Waals surface area contributed by atoms with Crippen LogP contribution in [0.4, 0.5) is 10.2 Å². The Morgan fingerprint density at radius 3 is 2.59 bits per heavy atom. The maximum Gasteiger partial charge on any atom is 0.250 e. The lowest BCUT2D eigenvalue weighted by molar-refractivity contribution is 0.386. The zero-order valence-electron chi connectivity index (χ0n) is 9.16. The molecule has 1 heterocycles. The van der Waals surface area contributed by atoms with Crippen LogP contribution in [0.5, 0.6) is 5.75 Å². The van der Waals surface area contributed by atoms with Crippen LogP contribution in [-0.4, -0.2) is 12.1 Å². The molecule has 2 aromatic rings. The standard InChI is InChI=1S/C12H11FN2O2/c1-17-10-3-2-7(4-9(10)13)8-5-11(14)15-12(16)6-8/h2-6H,1H3,(H3,14,15,16). The number of nitrogens with one attached hydrogen (secondary N) is 1. The molecule has 1 aromatic carbocycles. The van der Waals surface area contributed by atoms with Gasteiger partial charge in [-0.2, -0.15) is 0 Å². The second kappa shape index (κ2) is 4.29. The second-order valence-electron chi connectivity index (χ2n) is 3.54. The Bertz CT molecular complexity index is 608. The first-order valence-electron chi connectivity index (χ1n) is 4.94. The summed E-state index contributed by atoms with van der Waals surface area (Å²) in [5.41, 5.74) is 6.33. The number of halogens is 1. The van der Waals surface area contributed by atoms with E-state index in [0.29, 0.717) is 11.1 Å². The number of hydrogen-bond donors (Lipinski definition) is 2. The van der Waals surface area contributed by atoms with Crippen LogP contribution in [0.1, 0.15) is 0 Å². The van der Waals surface area contributed by atoms with Gasteiger partial charge >= 0.3 is 0 Å². The maximum absolute atomic E-state index is 13.5. The van der Waals surface area contributed by atoms with Gasteiger partial charge in [0.15, 0.2) is 11.6 Å². The highest BCUT2D eigenvalue weighted by molar-refractivity contribution is 5.66. The van der Waals surface area contributed by atoms with E-state index in [-0.39, 0.29) is 17.1 Å². The summed E-state index contributed by atoms with van der Waals surface area (Å²) in [7, 11) is 1.39. The average molecular weight is 234 g/mol. The fourth-order valence-corrected chi connectivity index (χ4v) is 1.58. The van der Waals surface area contributed by atoms with Gasteiger partial charge in [0.1, 0.15) is 5.82 Å². The molecule has 1 aromatic heterocycles. The number of nitrogens with two attached hydrogens (primary N) is 1. The third kappa shape index (κ3) is 2.28. The number of pyridine rings is 1. The molecular formula is C12H11FN2O2. The number of H-pyrrole nitrogens is 1. The molecule has 0 saturated heterocycles. The first-order chi connectivity index (χ1) is 8.10. The number of nitrogen functional groups attached to an aromatic ring is 1. The third-order valence-electron chi connectivity index (χ3n) is 2.35. The van der Waals surface area contributed by atoms with Gasteiger partial charge in [0.2, 0.25) is 5.56 Å². The van der Waals surface area contributed by atoms with Crippen LogP contribution in [-0.2, 0) is 0 Å². The van der Waals surface area contributed by atoms with E-state index in [1.54, 1.807) is 12.1 Å². The summed E-state index contributed by atoms with van der Waals surface area (Å²) < 4.78 is 18.3. The normalized spacial score (nSPS) is 10.2. The molecule has 0 aliphatic heterocycles. The Morgan fingerprint density at radius 2 is 2.00 bits per heavy atom. The highest BCUT2D eigenvalue weighted by atomic mass is 19.1. The Morgan fingerprint density at radius 1 is 1.24 bits per heavy atom. The number of aromatic amines is 1. The quantitative estimate of drug-likeness (QED) is 0.832. The van der Waals surface area contributed by atoms with Crippen molar-refractivity contribution in [3.8, 4) is 16.9 Å². The molecule has 0 amide bonds. The molecule has 2 rings (SSSR count). The van der Waals surface area contributed by atoms with Gasteiger partial charge in [0, 0.05) is 6.07 Å². The zero-order valence-corrected chi connectivity index (χ0v) is 9.16. The largest absolute Gasteiger partial charge is 0.494 e. The van der Waals surface area contributed by atoms with Gasteiger partial charge in [-0.15, -0.1) is 0 Å². The van der Waals surface area contributed by atoms with E-state index >= 15 is 0 Å². The Hall–Kier alpha value is -2.30. The molecule has 0 spiro atoms. The van der Waals surface area contributed by atoms with Crippen molar-refractivity contribution in [2.75, 3.05) is 12.8 Å². The Balaban J connectivity index is 2.53. The van der Waals surface area contributed by atoms with Gasteiger partial charge in [-0.1, -0.05) is 6.07 Å². The molecule has 4 nitrogen and oxygen atoms in total. The highest BCUT2D eigenvalue weighted by Crippen LogP contribution is 2.25. The molecular weight excluding hydrogens is 223 g/mol. The van der Waals surface area contributed by atoms with Crippen molar-refractivity contribution in [2.45, 2.75) is 0 Å². The molecule has 0 atom stereocenters. The molecule has 0 unspecified atom stereocenters. The summed E-state index contributed by atoms with van der Waals surface area (Å²) in [4.78, 5) is 13.7. The van der Waals surface area contributed by atoms with Gasteiger partial charge in [0.05, 0.1) is 7.11 Å². The predicted octanol–water partition coefficient (Wildman–Crippen LogP) is 1.77. The molecule has 0 saturated carbocycles. The summed E-state index contributed by atoms with van der Waals surface area (Å²) in [6, 6.07) is 7.39. The molecule has 0 aliphatic rings. The third-order valence-corrected chi connectivity index (χ3v) is 2.35. The minimum atomic E-state index is -0.483. The van der Waals surface area contributed by atoms with Gasteiger partial charge in [-0.25, -0.2) is 4.39 Å². The molecule has 88 valence electrons. The highest BCUT2D eigenvalue weighted by Gasteiger charge is 2.06. The lowest BCUT2D eigenvalue weighted by Gasteiger charge is -2.05. The van der Waals surface area contributed by atoms with Crippen molar-refractivity contribution < 1.29 is 9.13 Å². The number of ether oxygens (including phenoxy) is 1. The first kappa shape index (κ1) is 11.2. The summed E-state index contributed by atoms with van der Waals surface area (Å²) in [6.07, 6.45) is 0. The molecule has 5 heteroatoms. The molecule has 0 fully saturated rings. The van der Waals surface area contributed by atoms with E-state index in [2.05, 4.69) is 4.98 Å². The monoisotopic (exact) mass is 234 g/mol. The van der Waals surface area contributed by atoms with Crippen LogP contribution in [0.3, 0.4) is 0 Å². The summed E-state index contributed by atoms with van der Waals surface area (Å²) in [5, 5.41) is 0. The molecule has 0 bridgehead atoms. The number of anilines is 1. The van der Waals surface area contributed by atoms with Crippen LogP contribution in [0.25, 0.3) is 11.1 Å². The number of hydrogen-bond acceptors (Lipinski definition) is 3. The van der Waals surface area contributed by atoms with E-state index in [9.17, 15) is 9.18 Å². The average Bonchev–Trinajstić information content (AvgIpc) is 2.27. The van der Waals surface area contributed by atoms with Gasteiger partial charge in [0.25, 0.3) is 0 Å². The van der Waals surface area contributed by atoms with Gasteiger partial charge in [-0.3, -0.25) is 4.79 Å². The summed E-state index contributed by atoms with van der Waals surface area (Å²) in [6.45, 7) is 0. The molecule has 0 aliphatic carbocycles. The fourth-order valence-electron chi connectivity index (χ4n) is 1.58. The molecule has 3 N–H and O–H groups in total. The molecule has 17 heavy (non-hydrogen) atoms. The van der Waals surface area contributed by atoms with Crippen LogP contribution in [0.2, 0.25) is 0 Å². The zero-order chi connectivity index (χ0) is 12.4. The van der Waals surface area contributed by atoms with Crippen LogP contribution in [0.15, 0.2) is 35.1 Å².